The highest BCUT2D eigenvalue weighted by atomic mass is 19.2. The van der Waals surface area contributed by atoms with Crippen molar-refractivity contribution >= 4 is 88.3 Å². The summed E-state index contributed by atoms with van der Waals surface area (Å²) >= 11 is 0. The van der Waals surface area contributed by atoms with Crippen molar-refractivity contribution in [1.29, 1.82) is 0 Å². The lowest BCUT2D eigenvalue weighted by Crippen LogP contribution is -2.01. The standard InChI is InChI=1S/C64H10F24N16/c65-25-13-17(29(69)41(81)37(25)77)57-95-53(13)91-49-9-3-1-7(5-11(9)51(89-49)93-55-15-19(31(71)43(83)39(79)27(15)67)59(97-55)101-63-23-21(61(99-57)103-63)33(73)45(85)47(87)35(23)75)8-2-4-10-12(6-8)52-90-50(10)92-54-14-18(30(70)42(82)38(78)26(14)66)58(96-54)100-62-22-24(36(76)48(88)46(86)34(22)74)64(104-62)102-60-20-16(56(94-52)98-60)28(68)40(80)44(84)32(20)72/h1-6H,(H2,89,91,93,95,97,99,101,103)(H2,90,92,94,96,98,100,102,104). The van der Waals surface area contributed by atoms with E-state index in [2.05, 4.69) is 79.7 Å². The molecule has 14 aromatic rings. The number of rotatable bonds is 1. The van der Waals surface area contributed by atoms with Crippen molar-refractivity contribution in [2.75, 3.05) is 0 Å². The molecular weight excluding hydrogens is 1450 g/mol. The number of halogens is 24. The van der Waals surface area contributed by atoms with Crippen LogP contribution in [0.2, 0.25) is 0 Å². The molecule has 0 radical (unpaired) electrons. The summed E-state index contributed by atoms with van der Waals surface area (Å²) in [5.41, 5.74) is -16.9. The number of hydrogen-bond donors (Lipinski definition) is 4. The van der Waals surface area contributed by atoms with Crippen LogP contribution in [0.1, 0.15) is 0 Å². The minimum atomic E-state index is -2.56. The zero-order valence-corrected chi connectivity index (χ0v) is 48.9. The second-order valence-corrected chi connectivity index (χ2v) is 22.8. The Labute approximate surface area is 550 Å². The highest BCUT2D eigenvalue weighted by Gasteiger charge is 2.39. The van der Waals surface area contributed by atoms with Crippen LogP contribution in [-0.2, 0) is 0 Å². The second kappa shape index (κ2) is 21.2. The number of aromatic amines is 4. The van der Waals surface area contributed by atoms with Gasteiger partial charge in [-0.05, 0) is 35.4 Å². The van der Waals surface area contributed by atoms with Crippen LogP contribution in [0.15, 0.2) is 36.4 Å². The Morgan fingerprint density at radius 3 is 0.529 bits per heavy atom. The van der Waals surface area contributed by atoms with Gasteiger partial charge in [0.1, 0.15) is 45.2 Å². The first-order valence-electron chi connectivity index (χ1n) is 28.6. The van der Waals surface area contributed by atoms with Gasteiger partial charge in [-0.25, -0.2) is 165 Å². The average Bonchev–Trinajstić information content (AvgIpc) is 1.57. The SMILES string of the molecule is Fc1c(F)c(F)c2c(c1F)-c1nc-2nc2[nH]c(nc3nc(nc4[nH]c(n1)c1c(F)c(F)c(F)c(F)c41)-c1ccc(-c4ccc5c(c4)-c4nc-5nc5[nH]c(nc6nc(nc7[nH]c(n4)c4c(F)c(F)c(F)c(F)c74)-c4c(F)c(F)c(F)c(F)c4-6)c4c(F)c(F)c(F)c(F)c54)cc1-3)c1c(F)c(F)c(F)c(F)c21. The zero-order chi connectivity index (χ0) is 73.0. The molecule has 0 amide bonds. The smallest absolute Gasteiger partial charge is 0.198 e. The first-order valence-corrected chi connectivity index (χ1v) is 28.6. The summed E-state index contributed by atoms with van der Waals surface area (Å²) in [6, 6.07) is 6.82. The summed E-state index contributed by atoms with van der Waals surface area (Å²) in [6.45, 7) is 0. The lowest BCUT2D eigenvalue weighted by atomic mass is 9.96. The Hall–Kier alpha value is -13.2. The largest absolute Gasteiger partial charge is 0.324 e. The molecule has 0 aliphatic carbocycles. The normalized spacial score (nSPS) is 12.4. The molecule has 16 nitrogen and oxygen atoms in total. The van der Waals surface area contributed by atoms with E-state index >= 15 is 105 Å². The summed E-state index contributed by atoms with van der Waals surface area (Å²) in [4.78, 5) is 57.0. The molecule has 514 valence electrons. The van der Waals surface area contributed by atoms with Crippen LogP contribution in [0.3, 0.4) is 0 Å². The van der Waals surface area contributed by atoms with Gasteiger partial charge in [0.15, 0.2) is 186 Å². The predicted molar refractivity (Wildman–Crippen MR) is 310 cm³/mol. The van der Waals surface area contributed by atoms with E-state index in [1.165, 1.54) is 12.1 Å². The molecule has 16 bridgehead atoms. The fraction of sp³-hybridized carbons (Fsp3) is 0. The predicted octanol–water partition coefficient (Wildman–Crippen LogP) is 17.1. The van der Waals surface area contributed by atoms with Crippen LogP contribution >= 0.6 is 0 Å². The van der Waals surface area contributed by atoms with Crippen LogP contribution in [0.5, 0.6) is 0 Å². The van der Waals surface area contributed by atoms with Crippen molar-refractivity contribution in [1.82, 2.24) is 79.7 Å². The quantitative estimate of drug-likeness (QED) is 0.0686. The van der Waals surface area contributed by atoms with Gasteiger partial charge < -0.3 is 19.9 Å². The minimum Gasteiger partial charge on any atom is -0.324 e. The Morgan fingerprint density at radius 2 is 0.327 bits per heavy atom. The van der Waals surface area contributed by atoms with E-state index in [4.69, 9.17) is 0 Å². The zero-order valence-electron chi connectivity index (χ0n) is 48.9. The molecule has 4 N–H and O–H groups in total. The van der Waals surface area contributed by atoms with Crippen molar-refractivity contribution < 1.29 is 105 Å². The van der Waals surface area contributed by atoms with Crippen LogP contribution in [0, 0.1) is 140 Å². The number of nitrogens with zero attached hydrogens (tertiary/aromatic N) is 12. The van der Waals surface area contributed by atoms with Crippen molar-refractivity contribution in [3.63, 3.8) is 0 Å². The highest BCUT2D eigenvalue weighted by molar-refractivity contribution is 6.10. The number of aromatic nitrogens is 16. The van der Waals surface area contributed by atoms with Crippen molar-refractivity contribution in [3.8, 4) is 102 Å². The van der Waals surface area contributed by atoms with Gasteiger partial charge in [0.05, 0.1) is 65.3 Å². The fourth-order valence-electron chi connectivity index (χ4n) is 12.6. The van der Waals surface area contributed by atoms with Gasteiger partial charge in [-0.15, -0.1) is 0 Å². The number of hydrogen-bond acceptors (Lipinski definition) is 12. The Kier molecular flexibility index (Phi) is 12.8. The summed E-state index contributed by atoms with van der Waals surface area (Å²) in [7, 11) is 0. The molecule has 8 aromatic carbocycles. The molecule has 0 atom stereocenters. The summed E-state index contributed by atoms with van der Waals surface area (Å²) < 4.78 is 377. The maximum absolute atomic E-state index is 16.4. The van der Waals surface area contributed by atoms with E-state index in [0.29, 0.717) is 0 Å². The average molecular weight is 1460 g/mol. The Morgan fingerprint density at radius 1 is 0.163 bits per heavy atom. The third kappa shape index (κ3) is 8.21. The number of nitrogens with one attached hydrogen (secondary N) is 4. The molecule has 0 saturated carbocycles. The molecule has 104 heavy (non-hydrogen) atoms. The number of benzene rings is 8. The van der Waals surface area contributed by atoms with E-state index in [-0.39, 0.29) is 33.4 Å². The number of fused-ring (bicyclic) bond motifs is 40. The molecule has 0 unspecified atom stereocenters. The van der Waals surface area contributed by atoms with Gasteiger partial charge in [0, 0.05) is 22.3 Å². The third-order valence-corrected chi connectivity index (χ3v) is 17.3. The van der Waals surface area contributed by atoms with E-state index in [1.807, 2.05) is 0 Å². The summed E-state index contributed by atoms with van der Waals surface area (Å²) in [6.07, 6.45) is 0. The van der Waals surface area contributed by atoms with Gasteiger partial charge in [-0.1, -0.05) is 12.1 Å². The lowest BCUT2D eigenvalue weighted by Gasteiger charge is -2.08. The molecule has 18 rings (SSSR count). The molecule has 0 saturated heterocycles. The van der Waals surface area contributed by atoms with E-state index in [1.54, 1.807) is 0 Å². The maximum Gasteiger partial charge on any atom is 0.198 e. The first-order chi connectivity index (χ1) is 49.5. The second-order valence-electron chi connectivity index (χ2n) is 22.8. The van der Waals surface area contributed by atoms with Crippen LogP contribution < -0.4 is 0 Å². The summed E-state index contributed by atoms with van der Waals surface area (Å²) in [5, 5.41) is -10.9. The van der Waals surface area contributed by atoms with Crippen molar-refractivity contribution in [3.05, 3.63) is 176 Å². The monoisotopic (exact) mass is 1460 g/mol. The molecule has 0 spiro atoms. The molecule has 10 heterocycles. The molecule has 0 fully saturated rings. The molecular formula is C64H10F24N16. The van der Waals surface area contributed by atoms with E-state index < -0.39 is 297 Å². The van der Waals surface area contributed by atoms with Gasteiger partial charge in [0.25, 0.3) is 0 Å². The lowest BCUT2D eigenvalue weighted by molar-refractivity contribution is 0.412. The maximum atomic E-state index is 16.4. The molecule has 4 aliphatic heterocycles. The Bertz CT molecular complexity index is 6540. The van der Waals surface area contributed by atoms with Crippen LogP contribution in [0.25, 0.3) is 190 Å². The summed E-state index contributed by atoms with van der Waals surface area (Å²) in [5.74, 6) is -66.2. The van der Waals surface area contributed by atoms with Crippen molar-refractivity contribution in [2.45, 2.75) is 0 Å². The number of H-pyrrole nitrogens is 4. The van der Waals surface area contributed by atoms with Gasteiger partial charge in [-0.3, -0.25) is 0 Å². The fourth-order valence-corrected chi connectivity index (χ4v) is 12.6. The van der Waals surface area contributed by atoms with Crippen LogP contribution in [0.4, 0.5) is 105 Å². The first kappa shape index (κ1) is 63.0. The van der Waals surface area contributed by atoms with Crippen LogP contribution in [-0.4, -0.2) is 79.7 Å². The minimum absolute atomic E-state index is 0.107. The van der Waals surface area contributed by atoms with E-state index in [9.17, 15) is 0 Å². The topological polar surface area (TPSA) is 218 Å². The van der Waals surface area contributed by atoms with Gasteiger partial charge in [0.2, 0.25) is 0 Å². The Balaban J connectivity index is 0.920. The highest BCUT2D eigenvalue weighted by Crippen LogP contribution is 2.48. The molecule has 6 aromatic heterocycles. The third-order valence-electron chi connectivity index (χ3n) is 17.3. The molecule has 4 aliphatic rings. The van der Waals surface area contributed by atoms with Gasteiger partial charge >= 0.3 is 0 Å². The molecule has 40 heteroatoms. The van der Waals surface area contributed by atoms with Crippen molar-refractivity contribution in [2.24, 2.45) is 0 Å². The van der Waals surface area contributed by atoms with E-state index in [0.717, 1.165) is 24.3 Å². The van der Waals surface area contributed by atoms with Gasteiger partial charge in [-0.2, -0.15) is 0 Å².